The number of aromatic nitrogens is 3. The number of para-hydroxylation sites is 2. The summed E-state index contributed by atoms with van der Waals surface area (Å²) in [6.45, 7) is 0. The van der Waals surface area contributed by atoms with Crippen molar-refractivity contribution in [2.45, 2.75) is 0 Å². The van der Waals surface area contributed by atoms with Crippen LogP contribution in [0.15, 0.2) is 224 Å². The fourth-order valence-electron chi connectivity index (χ4n) is 9.33. The Kier molecular flexibility index (Phi) is 8.17. The Hall–Kier alpha value is -8.14. The first-order valence-corrected chi connectivity index (χ1v) is 20.8. The molecule has 284 valence electrons. The van der Waals surface area contributed by atoms with Gasteiger partial charge in [-0.1, -0.05) is 188 Å². The second-order valence-corrected chi connectivity index (χ2v) is 15.7. The zero-order chi connectivity index (χ0) is 40.3. The standard InChI is InChI=1S/C58H37N3/c1-3-15-38(16-4-1)39-27-29-41(30-28-39)58-59-53(37-54(60-58)57-47-23-10-8-18-42(47)35-52-45-21-9-7-17-40(45)31-34-51(52)57)48-24-12-11-22-46(48)43-32-33-50-49-25-13-14-26-55(49)61(56(50)36-43)44-19-5-2-6-20-44/h1-37H. The Morgan fingerprint density at radius 1 is 0.295 bits per heavy atom. The van der Waals surface area contributed by atoms with E-state index in [1.54, 1.807) is 0 Å². The van der Waals surface area contributed by atoms with Crippen LogP contribution in [0.3, 0.4) is 0 Å². The zero-order valence-corrected chi connectivity index (χ0v) is 33.2. The van der Waals surface area contributed by atoms with E-state index in [0.29, 0.717) is 5.82 Å². The summed E-state index contributed by atoms with van der Waals surface area (Å²) >= 11 is 0. The molecular formula is C58H37N3. The van der Waals surface area contributed by atoms with Crippen LogP contribution < -0.4 is 0 Å². The van der Waals surface area contributed by atoms with Gasteiger partial charge in [-0.3, -0.25) is 0 Å². The van der Waals surface area contributed by atoms with Crippen molar-refractivity contribution in [3.05, 3.63) is 224 Å². The molecule has 12 rings (SSSR count). The summed E-state index contributed by atoms with van der Waals surface area (Å²) in [5, 5.41) is 9.62. The van der Waals surface area contributed by atoms with Crippen LogP contribution in [0, 0.1) is 0 Å². The van der Waals surface area contributed by atoms with Crippen LogP contribution >= 0.6 is 0 Å². The minimum Gasteiger partial charge on any atom is -0.309 e. The van der Waals surface area contributed by atoms with E-state index < -0.39 is 0 Å². The predicted octanol–water partition coefficient (Wildman–Crippen LogP) is 15.4. The quantitative estimate of drug-likeness (QED) is 0.124. The number of fused-ring (bicyclic) bond motifs is 7. The van der Waals surface area contributed by atoms with E-state index in [0.717, 1.165) is 61.4 Å². The monoisotopic (exact) mass is 775 g/mol. The van der Waals surface area contributed by atoms with Gasteiger partial charge in [-0.25, -0.2) is 9.97 Å². The van der Waals surface area contributed by atoms with Crippen LogP contribution in [-0.2, 0) is 0 Å². The molecule has 0 amide bonds. The lowest BCUT2D eigenvalue weighted by Crippen LogP contribution is -1.98. The largest absolute Gasteiger partial charge is 0.309 e. The highest BCUT2D eigenvalue weighted by atomic mass is 15.0. The van der Waals surface area contributed by atoms with Crippen molar-refractivity contribution in [3.8, 4) is 61.8 Å². The second kappa shape index (κ2) is 14.3. The molecule has 0 saturated carbocycles. The van der Waals surface area contributed by atoms with Crippen LogP contribution in [0.2, 0.25) is 0 Å². The highest BCUT2D eigenvalue weighted by Gasteiger charge is 2.20. The summed E-state index contributed by atoms with van der Waals surface area (Å²) in [4.78, 5) is 10.9. The van der Waals surface area contributed by atoms with Crippen LogP contribution in [0.25, 0.3) is 116 Å². The van der Waals surface area contributed by atoms with Gasteiger partial charge in [0.25, 0.3) is 0 Å². The number of hydrogen-bond donors (Lipinski definition) is 0. The van der Waals surface area contributed by atoms with E-state index in [1.807, 2.05) is 0 Å². The Balaban J connectivity index is 1.10. The van der Waals surface area contributed by atoms with Crippen molar-refractivity contribution in [3.63, 3.8) is 0 Å². The SMILES string of the molecule is c1ccc(-c2ccc(-c3nc(-c4ccccc4-c4ccc5c6ccccc6n(-c6ccccc6)c5c4)cc(-c4c5ccccc5cc5c4ccc4ccccc45)n3)cc2)cc1. The Morgan fingerprint density at radius 3 is 1.69 bits per heavy atom. The molecule has 0 aliphatic rings. The minimum atomic E-state index is 0.684. The number of benzene rings is 10. The van der Waals surface area contributed by atoms with E-state index >= 15 is 0 Å². The first-order valence-electron chi connectivity index (χ1n) is 20.8. The molecule has 61 heavy (non-hydrogen) atoms. The maximum atomic E-state index is 5.48. The average molecular weight is 776 g/mol. The maximum Gasteiger partial charge on any atom is 0.160 e. The molecule has 12 aromatic rings. The molecule has 0 fully saturated rings. The molecule has 0 saturated heterocycles. The lowest BCUT2D eigenvalue weighted by Gasteiger charge is -2.17. The zero-order valence-electron chi connectivity index (χ0n) is 33.2. The fourth-order valence-corrected chi connectivity index (χ4v) is 9.33. The van der Waals surface area contributed by atoms with Crippen molar-refractivity contribution < 1.29 is 0 Å². The van der Waals surface area contributed by atoms with Gasteiger partial charge < -0.3 is 4.57 Å². The molecule has 0 aliphatic carbocycles. The third kappa shape index (κ3) is 5.90. The third-order valence-corrected chi connectivity index (χ3v) is 12.2. The molecule has 3 nitrogen and oxygen atoms in total. The molecule has 0 atom stereocenters. The van der Waals surface area contributed by atoms with Gasteiger partial charge in [0, 0.05) is 33.2 Å². The Morgan fingerprint density at radius 2 is 0.869 bits per heavy atom. The smallest absolute Gasteiger partial charge is 0.160 e. The van der Waals surface area contributed by atoms with Crippen molar-refractivity contribution in [2.24, 2.45) is 0 Å². The highest BCUT2D eigenvalue weighted by Crippen LogP contribution is 2.42. The van der Waals surface area contributed by atoms with Crippen molar-refractivity contribution in [1.82, 2.24) is 14.5 Å². The van der Waals surface area contributed by atoms with E-state index in [4.69, 9.17) is 9.97 Å². The molecule has 2 aromatic heterocycles. The van der Waals surface area contributed by atoms with Crippen molar-refractivity contribution in [1.29, 1.82) is 0 Å². The molecular weight excluding hydrogens is 739 g/mol. The topological polar surface area (TPSA) is 30.7 Å². The molecule has 2 heterocycles. The van der Waals surface area contributed by atoms with E-state index in [9.17, 15) is 0 Å². The summed E-state index contributed by atoms with van der Waals surface area (Å²) in [5.74, 6) is 0.684. The molecule has 0 radical (unpaired) electrons. The summed E-state index contributed by atoms with van der Waals surface area (Å²) in [6.07, 6.45) is 0. The van der Waals surface area contributed by atoms with Crippen molar-refractivity contribution in [2.75, 3.05) is 0 Å². The lowest BCUT2D eigenvalue weighted by molar-refractivity contribution is 1.18. The normalized spacial score (nSPS) is 11.6. The maximum absolute atomic E-state index is 5.48. The van der Waals surface area contributed by atoms with Gasteiger partial charge in [-0.15, -0.1) is 0 Å². The molecule has 0 bridgehead atoms. The Bertz CT molecular complexity index is 3620. The summed E-state index contributed by atoms with van der Waals surface area (Å²) in [6, 6.07) is 80.5. The second-order valence-electron chi connectivity index (χ2n) is 15.7. The van der Waals surface area contributed by atoms with Crippen LogP contribution in [0.1, 0.15) is 0 Å². The van der Waals surface area contributed by atoms with Crippen molar-refractivity contribution >= 4 is 54.1 Å². The molecule has 3 heteroatoms. The van der Waals surface area contributed by atoms with E-state index in [1.165, 1.54) is 48.8 Å². The van der Waals surface area contributed by atoms with Crippen LogP contribution in [-0.4, -0.2) is 14.5 Å². The lowest BCUT2D eigenvalue weighted by atomic mass is 9.90. The van der Waals surface area contributed by atoms with Gasteiger partial charge in [0.2, 0.25) is 0 Å². The number of nitrogens with zero attached hydrogens (tertiary/aromatic N) is 3. The third-order valence-electron chi connectivity index (χ3n) is 12.2. The molecule has 0 N–H and O–H groups in total. The molecule has 0 aliphatic heterocycles. The van der Waals surface area contributed by atoms with Gasteiger partial charge >= 0.3 is 0 Å². The first kappa shape index (κ1) is 34.9. The van der Waals surface area contributed by atoms with Crippen LogP contribution in [0.4, 0.5) is 0 Å². The fraction of sp³-hybridized carbons (Fsp3) is 0. The highest BCUT2D eigenvalue weighted by molar-refractivity contribution is 6.20. The van der Waals surface area contributed by atoms with Gasteiger partial charge in [0.05, 0.1) is 22.4 Å². The summed E-state index contributed by atoms with van der Waals surface area (Å²) in [5.41, 5.74) is 12.9. The van der Waals surface area contributed by atoms with E-state index in [2.05, 4.69) is 229 Å². The number of rotatable bonds is 6. The molecule has 10 aromatic carbocycles. The number of hydrogen-bond acceptors (Lipinski definition) is 2. The van der Waals surface area contributed by atoms with Gasteiger partial charge in [-0.2, -0.15) is 0 Å². The molecule has 0 unspecified atom stereocenters. The van der Waals surface area contributed by atoms with Crippen LogP contribution in [0.5, 0.6) is 0 Å². The minimum absolute atomic E-state index is 0.684. The molecule has 0 spiro atoms. The summed E-state index contributed by atoms with van der Waals surface area (Å²) in [7, 11) is 0. The van der Waals surface area contributed by atoms with Gasteiger partial charge in [0.15, 0.2) is 5.82 Å². The first-order chi connectivity index (χ1) is 30.2. The van der Waals surface area contributed by atoms with E-state index in [-0.39, 0.29) is 0 Å². The average Bonchev–Trinajstić information content (AvgIpc) is 3.67. The van der Waals surface area contributed by atoms with Gasteiger partial charge in [-0.05, 0) is 91.0 Å². The Labute approximate surface area is 353 Å². The summed E-state index contributed by atoms with van der Waals surface area (Å²) < 4.78 is 2.38. The van der Waals surface area contributed by atoms with Gasteiger partial charge in [0.1, 0.15) is 0 Å². The predicted molar refractivity (Wildman–Crippen MR) is 256 cm³/mol.